The molecule has 2 aliphatic heterocycles. The number of rotatable bonds is 2. The Morgan fingerprint density at radius 3 is 2.46 bits per heavy atom. The zero-order valence-electron chi connectivity index (χ0n) is 14.5. The van der Waals surface area contributed by atoms with Gasteiger partial charge in [0.25, 0.3) is 0 Å². The summed E-state index contributed by atoms with van der Waals surface area (Å²) in [7, 11) is -4.55. The van der Waals surface area contributed by atoms with Crippen molar-refractivity contribution in [3.8, 4) is 0 Å². The highest BCUT2D eigenvalue weighted by Crippen LogP contribution is 2.60. The Kier molecular flexibility index (Phi) is 3.44. The largest absolute Gasteiger partial charge is 0.373 e. The Bertz CT molecular complexity index is 782. The van der Waals surface area contributed by atoms with E-state index in [9.17, 15) is 13.5 Å². The van der Waals surface area contributed by atoms with Gasteiger partial charge in [0.2, 0.25) is 15.0 Å². The summed E-state index contributed by atoms with van der Waals surface area (Å²) in [4.78, 5) is 10.5. The number of anilines is 1. The molecule has 0 radical (unpaired) electrons. The Labute approximate surface area is 144 Å². The van der Waals surface area contributed by atoms with Crippen molar-refractivity contribution in [3.63, 3.8) is 0 Å². The maximum absolute atomic E-state index is 11.9. The predicted molar refractivity (Wildman–Crippen MR) is 94.7 cm³/mol. The van der Waals surface area contributed by atoms with Gasteiger partial charge in [-0.05, 0) is 25.7 Å². The van der Waals surface area contributed by atoms with Gasteiger partial charge in [-0.3, -0.25) is 0 Å². The Hall–Kier alpha value is -0.993. The van der Waals surface area contributed by atoms with Crippen molar-refractivity contribution < 1.29 is 13.5 Å². The maximum atomic E-state index is 11.9. The molecule has 1 spiro atoms. The molecular formula is C16H25N3O3SSi. The lowest BCUT2D eigenvalue weighted by atomic mass is 10.00. The van der Waals surface area contributed by atoms with Crippen molar-refractivity contribution in [1.82, 2.24) is 9.97 Å². The van der Waals surface area contributed by atoms with Gasteiger partial charge in [0.1, 0.15) is 12.0 Å². The van der Waals surface area contributed by atoms with E-state index < -0.39 is 24.1 Å². The standard InChI is InChI=1S/C16H25N3O3SSi/c1-23(21,22)15-17-10-12-13(18-15)19(14(20)16(12)6-7-16)11-4-8-24(2,3)9-5-11/h10-11,14,20H,4-9H2,1-3H3. The molecule has 6 nitrogen and oxygen atoms in total. The number of sulfone groups is 1. The van der Waals surface area contributed by atoms with Gasteiger partial charge in [-0.25, -0.2) is 18.4 Å². The molecule has 24 heavy (non-hydrogen) atoms. The van der Waals surface area contributed by atoms with Crippen LogP contribution in [0.1, 0.15) is 31.2 Å². The van der Waals surface area contributed by atoms with Crippen LogP contribution in [0.3, 0.4) is 0 Å². The second-order valence-electron chi connectivity index (χ2n) is 8.49. The minimum atomic E-state index is -3.46. The van der Waals surface area contributed by atoms with Crippen LogP contribution < -0.4 is 4.90 Å². The van der Waals surface area contributed by atoms with Crippen LogP contribution in [0.25, 0.3) is 0 Å². The lowest BCUT2D eigenvalue weighted by molar-refractivity contribution is 0.127. The molecule has 1 unspecified atom stereocenters. The summed E-state index contributed by atoms with van der Waals surface area (Å²) in [5, 5.41) is 10.9. The van der Waals surface area contributed by atoms with Crippen molar-refractivity contribution >= 4 is 23.7 Å². The molecular weight excluding hydrogens is 342 g/mol. The number of aliphatic hydroxyl groups is 1. The third-order valence-electron chi connectivity index (χ3n) is 6.11. The first-order chi connectivity index (χ1) is 11.1. The molecule has 1 saturated carbocycles. The lowest BCUT2D eigenvalue weighted by Gasteiger charge is -2.40. The molecule has 132 valence electrons. The average molecular weight is 368 g/mol. The summed E-state index contributed by atoms with van der Waals surface area (Å²) in [6.45, 7) is 4.84. The minimum absolute atomic E-state index is 0.137. The van der Waals surface area contributed by atoms with E-state index in [1.807, 2.05) is 4.90 Å². The van der Waals surface area contributed by atoms with Crippen molar-refractivity contribution in [2.75, 3.05) is 11.2 Å². The van der Waals surface area contributed by atoms with Crippen LogP contribution >= 0.6 is 0 Å². The van der Waals surface area contributed by atoms with Gasteiger partial charge in [-0.1, -0.05) is 25.2 Å². The third-order valence-corrected chi connectivity index (χ3v) is 10.3. The first kappa shape index (κ1) is 16.5. The van der Waals surface area contributed by atoms with Crippen LogP contribution in [0.2, 0.25) is 25.2 Å². The van der Waals surface area contributed by atoms with Crippen LogP contribution in [-0.2, 0) is 15.3 Å². The van der Waals surface area contributed by atoms with Crippen LogP contribution in [0.4, 0.5) is 5.82 Å². The number of hydrogen-bond donors (Lipinski definition) is 1. The van der Waals surface area contributed by atoms with E-state index in [-0.39, 0.29) is 16.6 Å². The van der Waals surface area contributed by atoms with Gasteiger partial charge in [0, 0.05) is 37.5 Å². The molecule has 1 aliphatic carbocycles. The quantitative estimate of drug-likeness (QED) is 0.635. The summed E-state index contributed by atoms with van der Waals surface area (Å²) in [5.74, 6) is 0.654. The van der Waals surface area contributed by atoms with Gasteiger partial charge in [-0.15, -0.1) is 0 Å². The predicted octanol–water partition coefficient (Wildman–Crippen LogP) is 1.92. The SMILES string of the molecule is C[Si]1(C)CCC(N2c3nc(S(C)(=O)=O)ncc3C3(CC3)C2O)CC1. The van der Waals surface area contributed by atoms with Crippen molar-refractivity contribution in [2.24, 2.45) is 0 Å². The molecule has 1 saturated heterocycles. The summed E-state index contributed by atoms with van der Waals surface area (Å²) in [6.07, 6.45) is 6.14. The molecule has 0 aromatic carbocycles. The van der Waals surface area contributed by atoms with Gasteiger partial charge in [0.05, 0.1) is 0 Å². The first-order valence-corrected chi connectivity index (χ1v) is 14.0. The highest BCUT2D eigenvalue weighted by Gasteiger charge is 2.61. The summed E-state index contributed by atoms with van der Waals surface area (Å²) < 4.78 is 23.7. The Morgan fingerprint density at radius 2 is 1.92 bits per heavy atom. The molecule has 0 amide bonds. The highest BCUT2D eigenvalue weighted by atomic mass is 32.2. The number of fused-ring (bicyclic) bond motifs is 2. The molecule has 2 fully saturated rings. The van der Waals surface area contributed by atoms with Crippen LogP contribution in [0, 0.1) is 0 Å². The summed E-state index contributed by atoms with van der Waals surface area (Å²) in [6, 6.07) is 2.74. The highest BCUT2D eigenvalue weighted by molar-refractivity contribution is 7.90. The van der Waals surface area contributed by atoms with Gasteiger partial charge in [-0.2, -0.15) is 0 Å². The fourth-order valence-corrected chi connectivity index (χ4v) is 7.28. The molecule has 8 heteroatoms. The Balaban J connectivity index is 1.74. The minimum Gasteiger partial charge on any atom is -0.373 e. The molecule has 3 heterocycles. The maximum Gasteiger partial charge on any atom is 0.248 e. The number of aromatic nitrogens is 2. The first-order valence-electron chi connectivity index (χ1n) is 8.68. The van der Waals surface area contributed by atoms with Crippen LogP contribution in [0.5, 0.6) is 0 Å². The van der Waals surface area contributed by atoms with Crippen molar-refractivity contribution in [3.05, 3.63) is 11.8 Å². The van der Waals surface area contributed by atoms with Gasteiger partial charge < -0.3 is 10.0 Å². The van der Waals surface area contributed by atoms with Crippen molar-refractivity contribution in [1.29, 1.82) is 0 Å². The number of nitrogens with zero attached hydrogens (tertiary/aromatic N) is 3. The van der Waals surface area contributed by atoms with E-state index >= 15 is 0 Å². The van der Waals surface area contributed by atoms with Crippen LogP contribution in [-0.4, -0.2) is 50.1 Å². The molecule has 3 aliphatic rings. The molecule has 4 rings (SSSR count). The molecule has 1 aromatic rings. The third kappa shape index (κ3) is 2.41. The summed E-state index contributed by atoms with van der Waals surface area (Å²) >= 11 is 0. The van der Waals surface area contributed by atoms with E-state index in [0.717, 1.165) is 37.5 Å². The fourth-order valence-electron chi connectivity index (χ4n) is 4.30. The normalized spacial score (nSPS) is 28.2. The topological polar surface area (TPSA) is 83.4 Å². The average Bonchev–Trinajstić information content (AvgIpc) is 3.25. The van der Waals surface area contributed by atoms with Gasteiger partial charge in [0.15, 0.2) is 0 Å². The second-order valence-corrected chi connectivity index (χ2v) is 15.7. The van der Waals surface area contributed by atoms with E-state index in [1.165, 1.54) is 12.1 Å². The fraction of sp³-hybridized carbons (Fsp3) is 0.750. The van der Waals surface area contributed by atoms with Crippen LogP contribution in [0.15, 0.2) is 11.4 Å². The Morgan fingerprint density at radius 1 is 1.29 bits per heavy atom. The molecule has 1 aromatic heterocycles. The van der Waals surface area contributed by atoms with E-state index in [1.54, 1.807) is 6.20 Å². The zero-order valence-corrected chi connectivity index (χ0v) is 16.3. The van der Waals surface area contributed by atoms with E-state index in [2.05, 4.69) is 23.1 Å². The summed E-state index contributed by atoms with van der Waals surface area (Å²) in [5.41, 5.74) is 0.667. The van der Waals surface area contributed by atoms with Gasteiger partial charge >= 0.3 is 0 Å². The van der Waals surface area contributed by atoms with E-state index in [0.29, 0.717) is 5.82 Å². The second kappa shape index (κ2) is 5.01. The molecule has 0 bridgehead atoms. The zero-order chi connectivity index (χ0) is 17.3. The number of hydrogen-bond acceptors (Lipinski definition) is 6. The number of aliphatic hydroxyl groups excluding tert-OH is 1. The monoisotopic (exact) mass is 367 g/mol. The van der Waals surface area contributed by atoms with Crippen molar-refractivity contribution in [2.45, 2.75) is 73.7 Å². The molecule has 1 N–H and O–H groups in total. The lowest BCUT2D eigenvalue weighted by Crippen LogP contribution is -2.48. The van der Waals surface area contributed by atoms with E-state index in [4.69, 9.17) is 0 Å². The molecule has 1 atom stereocenters. The smallest absolute Gasteiger partial charge is 0.248 e.